The maximum absolute atomic E-state index is 13.1. The summed E-state index contributed by atoms with van der Waals surface area (Å²) in [6.07, 6.45) is 4.45. The van der Waals surface area contributed by atoms with Crippen LogP contribution in [0.15, 0.2) is 18.2 Å². The molecule has 1 saturated carbocycles. The zero-order valence-electron chi connectivity index (χ0n) is 11.0. The Balaban J connectivity index is 1.97. The lowest BCUT2D eigenvalue weighted by atomic mass is 9.87. The molecule has 0 bridgehead atoms. The number of benzene rings is 1. The van der Waals surface area contributed by atoms with Crippen LogP contribution >= 0.6 is 0 Å². The highest BCUT2D eigenvalue weighted by Crippen LogP contribution is 2.23. The van der Waals surface area contributed by atoms with Crippen molar-refractivity contribution >= 4 is 5.91 Å². The van der Waals surface area contributed by atoms with Gasteiger partial charge in [0, 0.05) is 11.6 Å². The predicted molar refractivity (Wildman–Crippen MR) is 70.0 cm³/mol. The second-order valence-electron chi connectivity index (χ2n) is 5.39. The lowest BCUT2D eigenvalue weighted by molar-refractivity contribution is 0.0923. The average Bonchev–Trinajstić information content (AvgIpc) is 2.35. The molecule has 1 aliphatic rings. The van der Waals surface area contributed by atoms with Gasteiger partial charge in [-0.2, -0.15) is 0 Å². The van der Waals surface area contributed by atoms with Crippen molar-refractivity contribution in [3.63, 3.8) is 0 Å². The summed E-state index contributed by atoms with van der Waals surface area (Å²) in [4.78, 5) is 12.0. The van der Waals surface area contributed by atoms with Gasteiger partial charge in [-0.3, -0.25) is 4.79 Å². The highest BCUT2D eigenvalue weighted by Gasteiger charge is 2.20. The van der Waals surface area contributed by atoms with Crippen molar-refractivity contribution in [1.29, 1.82) is 0 Å². The fourth-order valence-corrected chi connectivity index (χ4v) is 2.46. The molecule has 18 heavy (non-hydrogen) atoms. The molecule has 0 radical (unpaired) electrons. The Kier molecular flexibility index (Phi) is 4.00. The Hall–Kier alpha value is -1.38. The van der Waals surface area contributed by atoms with Crippen molar-refractivity contribution < 1.29 is 9.18 Å². The van der Waals surface area contributed by atoms with Crippen LogP contribution in [0.5, 0.6) is 0 Å². The standard InChI is InChI=1S/C15H20FNO/c1-10-3-6-13(7-4-10)17-15(18)12-5-8-14(16)11(2)9-12/h5,8-10,13H,3-4,6-7H2,1-2H3,(H,17,18). The van der Waals surface area contributed by atoms with Gasteiger partial charge in [-0.15, -0.1) is 0 Å². The van der Waals surface area contributed by atoms with Gasteiger partial charge < -0.3 is 5.32 Å². The lowest BCUT2D eigenvalue weighted by Gasteiger charge is -2.26. The third-order valence-electron chi connectivity index (χ3n) is 3.77. The number of carbonyl (C=O) groups excluding carboxylic acids is 1. The number of aryl methyl sites for hydroxylation is 1. The number of rotatable bonds is 2. The number of amides is 1. The van der Waals surface area contributed by atoms with Gasteiger partial charge in [0.05, 0.1) is 0 Å². The van der Waals surface area contributed by atoms with Crippen molar-refractivity contribution in [1.82, 2.24) is 5.32 Å². The van der Waals surface area contributed by atoms with Crippen LogP contribution in [0.1, 0.15) is 48.5 Å². The molecule has 1 aliphatic carbocycles. The summed E-state index contributed by atoms with van der Waals surface area (Å²) < 4.78 is 13.1. The quantitative estimate of drug-likeness (QED) is 0.854. The maximum Gasteiger partial charge on any atom is 0.251 e. The number of hydrogen-bond donors (Lipinski definition) is 1. The Morgan fingerprint density at radius 2 is 1.94 bits per heavy atom. The van der Waals surface area contributed by atoms with Gasteiger partial charge >= 0.3 is 0 Å². The summed E-state index contributed by atoms with van der Waals surface area (Å²) >= 11 is 0. The van der Waals surface area contributed by atoms with Crippen LogP contribution in [0.3, 0.4) is 0 Å². The molecule has 0 atom stereocenters. The van der Waals surface area contributed by atoms with Gasteiger partial charge in [0.1, 0.15) is 5.82 Å². The van der Waals surface area contributed by atoms with E-state index >= 15 is 0 Å². The van der Waals surface area contributed by atoms with E-state index in [1.165, 1.54) is 18.9 Å². The van der Waals surface area contributed by atoms with E-state index in [0.29, 0.717) is 11.1 Å². The zero-order chi connectivity index (χ0) is 13.1. The van der Waals surface area contributed by atoms with Crippen LogP contribution in [-0.2, 0) is 0 Å². The van der Waals surface area contributed by atoms with E-state index in [2.05, 4.69) is 12.2 Å². The molecule has 1 aromatic rings. The van der Waals surface area contributed by atoms with Gasteiger partial charge in [0.25, 0.3) is 5.91 Å². The van der Waals surface area contributed by atoms with Gasteiger partial charge in [0.2, 0.25) is 0 Å². The molecule has 1 amide bonds. The molecule has 0 unspecified atom stereocenters. The second-order valence-corrected chi connectivity index (χ2v) is 5.39. The largest absolute Gasteiger partial charge is 0.349 e. The van der Waals surface area contributed by atoms with Crippen molar-refractivity contribution in [2.24, 2.45) is 5.92 Å². The van der Waals surface area contributed by atoms with E-state index in [-0.39, 0.29) is 17.8 Å². The Morgan fingerprint density at radius 1 is 1.28 bits per heavy atom. The fourth-order valence-electron chi connectivity index (χ4n) is 2.46. The minimum Gasteiger partial charge on any atom is -0.349 e. The molecule has 2 rings (SSSR count). The van der Waals surface area contributed by atoms with E-state index in [0.717, 1.165) is 18.8 Å². The second kappa shape index (κ2) is 5.51. The van der Waals surface area contributed by atoms with E-state index in [4.69, 9.17) is 0 Å². The van der Waals surface area contributed by atoms with Crippen molar-refractivity contribution in [3.8, 4) is 0 Å². The summed E-state index contributed by atoms with van der Waals surface area (Å²) in [6, 6.07) is 4.78. The highest BCUT2D eigenvalue weighted by molar-refractivity contribution is 5.94. The number of hydrogen-bond acceptors (Lipinski definition) is 1. The van der Waals surface area contributed by atoms with Crippen LogP contribution in [0.4, 0.5) is 4.39 Å². The predicted octanol–water partition coefficient (Wildman–Crippen LogP) is 3.44. The molecular weight excluding hydrogens is 229 g/mol. The molecular formula is C15H20FNO. The van der Waals surface area contributed by atoms with Crippen molar-refractivity contribution in [2.45, 2.75) is 45.6 Å². The van der Waals surface area contributed by atoms with Crippen LogP contribution in [-0.4, -0.2) is 11.9 Å². The molecule has 0 aliphatic heterocycles. The SMILES string of the molecule is Cc1cc(C(=O)NC2CCC(C)CC2)ccc1F. The summed E-state index contributed by atoms with van der Waals surface area (Å²) in [6.45, 7) is 3.93. The fraction of sp³-hybridized carbons (Fsp3) is 0.533. The normalized spacial score (nSPS) is 23.7. The van der Waals surface area contributed by atoms with Gasteiger partial charge in [-0.05, 0) is 62.3 Å². The smallest absolute Gasteiger partial charge is 0.251 e. The third-order valence-corrected chi connectivity index (χ3v) is 3.77. The molecule has 0 aromatic heterocycles. The average molecular weight is 249 g/mol. The van der Waals surface area contributed by atoms with Crippen LogP contribution in [0.25, 0.3) is 0 Å². The summed E-state index contributed by atoms with van der Waals surface area (Å²) in [5, 5.41) is 3.04. The van der Waals surface area contributed by atoms with Crippen LogP contribution in [0.2, 0.25) is 0 Å². The van der Waals surface area contributed by atoms with Gasteiger partial charge in [0.15, 0.2) is 0 Å². The summed E-state index contributed by atoms with van der Waals surface area (Å²) in [5.41, 5.74) is 1.06. The first-order valence-electron chi connectivity index (χ1n) is 6.63. The molecule has 1 aromatic carbocycles. The first kappa shape index (κ1) is 13.1. The molecule has 1 fully saturated rings. The number of nitrogens with one attached hydrogen (secondary N) is 1. The zero-order valence-corrected chi connectivity index (χ0v) is 11.0. The Morgan fingerprint density at radius 3 is 2.56 bits per heavy atom. The Bertz CT molecular complexity index is 436. The molecule has 0 saturated heterocycles. The lowest BCUT2D eigenvalue weighted by Crippen LogP contribution is -2.37. The van der Waals surface area contributed by atoms with Crippen LogP contribution in [0, 0.1) is 18.7 Å². The monoisotopic (exact) mass is 249 g/mol. The van der Waals surface area contributed by atoms with Crippen LogP contribution < -0.4 is 5.32 Å². The molecule has 98 valence electrons. The molecule has 3 heteroatoms. The minimum atomic E-state index is -0.266. The highest BCUT2D eigenvalue weighted by atomic mass is 19.1. The minimum absolute atomic E-state index is 0.0855. The summed E-state index contributed by atoms with van der Waals surface area (Å²) in [5.74, 6) is 0.418. The topological polar surface area (TPSA) is 29.1 Å². The van der Waals surface area contributed by atoms with Crippen molar-refractivity contribution in [2.75, 3.05) is 0 Å². The van der Waals surface area contributed by atoms with E-state index in [1.54, 1.807) is 19.1 Å². The van der Waals surface area contributed by atoms with E-state index < -0.39 is 0 Å². The summed E-state index contributed by atoms with van der Waals surface area (Å²) in [7, 11) is 0. The first-order valence-corrected chi connectivity index (χ1v) is 6.63. The maximum atomic E-state index is 13.1. The number of carbonyl (C=O) groups is 1. The van der Waals surface area contributed by atoms with Crippen molar-refractivity contribution in [3.05, 3.63) is 35.1 Å². The molecule has 2 nitrogen and oxygen atoms in total. The van der Waals surface area contributed by atoms with Gasteiger partial charge in [-0.1, -0.05) is 6.92 Å². The molecule has 0 heterocycles. The number of halogens is 1. The molecule has 1 N–H and O–H groups in total. The van der Waals surface area contributed by atoms with E-state index in [1.807, 2.05) is 0 Å². The third kappa shape index (κ3) is 3.09. The molecule has 0 spiro atoms. The van der Waals surface area contributed by atoms with E-state index in [9.17, 15) is 9.18 Å². The first-order chi connectivity index (χ1) is 8.56. The van der Waals surface area contributed by atoms with Gasteiger partial charge in [-0.25, -0.2) is 4.39 Å². The Labute approximate surface area is 108 Å².